The molecular formula is C14H29NO3S. The molecule has 19 heavy (non-hydrogen) atoms. The molecule has 0 radical (unpaired) electrons. The summed E-state index contributed by atoms with van der Waals surface area (Å²) in [5.41, 5.74) is -0.578. The van der Waals surface area contributed by atoms with Crippen LogP contribution >= 0.6 is 11.8 Å². The van der Waals surface area contributed by atoms with E-state index in [1.165, 1.54) is 0 Å². The van der Waals surface area contributed by atoms with Crippen LogP contribution in [0.15, 0.2) is 0 Å². The van der Waals surface area contributed by atoms with Crippen LogP contribution in [0.3, 0.4) is 0 Å². The zero-order valence-corrected chi connectivity index (χ0v) is 13.5. The fourth-order valence-electron chi connectivity index (χ4n) is 1.92. The maximum absolute atomic E-state index is 12.0. The zero-order chi connectivity index (χ0) is 14.7. The molecule has 0 fully saturated rings. The highest BCUT2D eigenvalue weighted by atomic mass is 32.2. The Kier molecular flexibility index (Phi) is 10.4. The van der Waals surface area contributed by atoms with Crippen molar-refractivity contribution in [3.8, 4) is 0 Å². The number of aliphatic hydroxyl groups is 1. The highest BCUT2D eigenvalue weighted by Gasteiger charge is 2.32. The van der Waals surface area contributed by atoms with E-state index in [4.69, 9.17) is 9.84 Å². The van der Waals surface area contributed by atoms with E-state index in [1.807, 2.05) is 32.5 Å². The van der Waals surface area contributed by atoms with Crippen molar-refractivity contribution in [1.82, 2.24) is 5.32 Å². The molecule has 0 aromatic carbocycles. The van der Waals surface area contributed by atoms with Gasteiger partial charge in [-0.05, 0) is 45.4 Å². The molecule has 114 valence electrons. The van der Waals surface area contributed by atoms with E-state index in [1.54, 1.807) is 0 Å². The summed E-state index contributed by atoms with van der Waals surface area (Å²) in [4.78, 5) is 12.0. The normalized spacial score (nSPS) is 15.8. The number of aliphatic hydroxyl groups excluding tert-OH is 1. The lowest BCUT2D eigenvalue weighted by Crippen LogP contribution is -2.50. The van der Waals surface area contributed by atoms with Gasteiger partial charge in [-0.1, -0.05) is 13.8 Å². The van der Waals surface area contributed by atoms with Crippen molar-refractivity contribution in [1.29, 1.82) is 0 Å². The van der Waals surface area contributed by atoms with E-state index in [0.717, 1.165) is 31.6 Å². The van der Waals surface area contributed by atoms with Gasteiger partial charge in [0, 0.05) is 11.9 Å². The van der Waals surface area contributed by atoms with Gasteiger partial charge in [-0.3, -0.25) is 4.79 Å². The summed E-state index contributed by atoms with van der Waals surface area (Å²) in [7, 11) is 0. The molecule has 0 aliphatic rings. The number of hydrogen-bond donors (Lipinski definition) is 2. The molecular weight excluding hydrogens is 262 g/mol. The summed E-state index contributed by atoms with van der Waals surface area (Å²) in [6.45, 7) is 9.27. The van der Waals surface area contributed by atoms with Crippen LogP contribution in [-0.4, -0.2) is 47.4 Å². The van der Waals surface area contributed by atoms with E-state index in [0.29, 0.717) is 11.9 Å². The van der Waals surface area contributed by atoms with Crippen LogP contribution in [0.4, 0.5) is 0 Å². The number of ether oxygens (including phenoxy) is 1. The van der Waals surface area contributed by atoms with Crippen LogP contribution in [0, 0.1) is 0 Å². The zero-order valence-electron chi connectivity index (χ0n) is 12.7. The Morgan fingerprint density at radius 3 is 2.68 bits per heavy atom. The van der Waals surface area contributed by atoms with Gasteiger partial charge in [-0.15, -0.1) is 0 Å². The molecule has 0 aliphatic carbocycles. The standard InChI is InChI=1S/C14H29NO3S/c1-5-15-14(4,13(17)18-6-2)9-7-11-19-12(3)8-10-16/h12,15-16H,5-11H2,1-4H3. The van der Waals surface area contributed by atoms with Gasteiger partial charge in [0.15, 0.2) is 0 Å². The molecule has 0 aromatic rings. The maximum Gasteiger partial charge on any atom is 0.326 e. The molecule has 0 bridgehead atoms. The van der Waals surface area contributed by atoms with Crippen molar-refractivity contribution in [2.24, 2.45) is 0 Å². The van der Waals surface area contributed by atoms with Crippen LogP contribution in [0.25, 0.3) is 0 Å². The molecule has 4 nitrogen and oxygen atoms in total. The molecule has 0 aromatic heterocycles. The smallest absolute Gasteiger partial charge is 0.326 e. The van der Waals surface area contributed by atoms with Crippen LogP contribution in [-0.2, 0) is 9.53 Å². The minimum Gasteiger partial charge on any atom is -0.465 e. The topological polar surface area (TPSA) is 58.6 Å². The highest BCUT2D eigenvalue weighted by molar-refractivity contribution is 7.99. The molecule has 0 rings (SSSR count). The second-order valence-corrected chi connectivity index (χ2v) is 6.43. The third kappa shape index (κ3) is 7.80. The Balaban J connectivity index is 4.10. The van der Waals surface area contributed by atoms with Crippen molar-refractivity contribution < 1.29 is 14.6 Å². The van der Waals surface area contributed by atoms with Crippen molar-refractivity contribution in [3.63, 3.8) is 0 Å². The molecule has 0 saturated carbocycles. The molecule has 5 heteroatoms. The minimum absolute atomic E-state index is 0.162. The van der Waals surface area contributed by atoms with Crippen LogP contribution in [0.1, 0.15) is 47.0 Å². The molecule has 2 atom stereocenters. The van der Waals surface area contributed by atoms with Gasteiger partial charge in [0.25, 0.3) is 0 Å². The quantitative estimate of drug-likeness (QED) is 0.451. The molecule has 0 amide bonds. The van der Waals surface area contributed by atoms with Crippen molar-refractivity contribution in [2.45, 2.75) is 57.7 Å². The fraction of sp³-hybridized carbons (Fsp3) is 0.929. The van der Waals surface area contributed by atoms with Crippen molar-refractivity contribution in [2.75, 3.05) is 25.5 Å². The van der Waals surface area contributed by atoms with E-state index in [-0.39, 0.29) is 12.6 Å². The lowest BCUT2D eigenvalue weighted by molar-refractivity contribution is -0.150. The van der Waals surface area contributed by atoms with Gasteiger partial charge in [0.05, 0.1) is 6.61 Å². The summed E-state index contributed by atoms with van der Waals surface area (Å²) >= 11 is 1.84. The summed E-state index contributed by atoms with van der Waals surface area (Å²) < 4.78 is 5.13. The number of carbonyl (C=O) groups excluding carboxylic acids is 1. The first-order valence-corrected chi connectivity index (χ1v) is 8.19. The van der Waals surface area contributed by atoms with E-state index in [2.05, 4.69) is 12.2 Å². The first-order valence-electron chi connectivity index (χ1n) is 7.14. The van der Waals surface area contributed by atoms with E-state index >= 15 is 0 Å². The molecule has 2 unspecified atom stereocenters. The van der Waals surface area contributed by atoms with E-state index < -0.39 is 5.54 Å². The SMILES string of the molecule is CCNC(C)(CCCSC(C)CCO)C(=O)OCC. The first-order chi connectivity index (χ1) is 9.00. The Labute approximate surface area is 121 Å². The Bertz CT molecular complexity index is 251. The minimum atomic E-state index is -0.578. The Morgan fingerprint density at radius 2 is 2.16 bits per heavy atom. The van der Waals surface area contributed by atoms with Gasteiger partial charge < -0.3 is 15.2 Å². The summed E-state index contributed by atoms with van der Waals surface area (Å²) in [6, 6.07) is 0. The monoisotopic (exact) mass is 291 g/mol. The summed E-state index contributed by atoms with van der Waals surface area (Å²) in [6.07, 6.45) is 2.56. The van der Waals surface area contributed by atoms with Crippen LogP contribution in [0.5, 0.6) is 0 Å². The van der Waals surface area contributed by atoms with Gasteiger partial charge in [-0.2, -0.15) is 11.8 Å². The lowest BCUT2D eigenvalue weighted by atomic mass is 9.96. The van der Waals surface area contributed by atoms with Gasteiger partial charge in [0.1, 0.15) is 5.54 Å². The largest absolute Gasteiger partial charge is 0.465 e. The second kappa shape index (κ2) is 10.5. The number of rotatable bonds is 11. The molecule has 2 N–H and O–H groups in total. The number of esters is 1. The Hall–Kier alpha value is -0.260. The van der Waals surface area contributed by atoms with Gasteiger partial charge >= 0.3 is 5.97 Å². The highest BCUT2D eigenvalue weighted by Crippen LogP contribution is 2.20. The van der Waals surface area contributed by atoms with Crippen LogP contribution < -0.4 is 5.32 Å². The number of nitrogens with one attached hydrogen (secondary N) is 1. The van der Waals surface area contributed by atoms with Gasteiger partial charge in [-0.25, -0.2) is 0 Å². The van der Waals surface area contributed by atoms with E-state index in [9.17, 15) is 4.79 Å². The van der Waals surface area contributed by atoms with Crippen molar-refractivity contribution >= 4 is 17.7 Å². The number of thioether (sulfide) groups is 1. The third-order valence-corrected chi connectivity index (χ3v) is 4.38. The average Bonchev–Trinajstić information content (AvgIpc) is 2.36. The molecule has 0 spiro atoms. The molecule has 0 saturated heterocycles. The molecule has 0 heterocycles. The Morgan fingerprint density at radius 1 is 1.47 bits per heavy atom. The number of hydrogen-bond acceptors (Lipinski definition) is 5. The first kappa shape index (κ1) is 18.7. The fourth-order valence-corrected chi connectivity index (χ4v) is 2.90. The average molecular weight is 291 g/mol. The lowest BCUT2D eigenvalue weighted by Gasteiger charge is -2.28. The third-order valence-electron chi connectivity index (χ3n) is 3.05. The summed E-state index contributed by atoms with van der Waals surface area (Å²) in [5.74, 6) is 0.840. The predicted molar refractivity (Wildman–Crippen MR) is 81.6 cm³/mol. The number of carbonyl (C=O) groups is 1. The van der Waals surface area contributed by atoms with Crippen molar-refractivity contribution in [3.05, 3.63) is 0 Å². The van der Waals surface area contributed by atoms with Gasteiger partial charge in [0.2, 0.25) is 0 Å². The maximum atomic E-state index is 12.0. The predicted octanol–water partition coefficient (Wildman–Crippen LogP) is 2.20. The number of likely N-dealkylation sites (N-methyl/N-ethyl adjacent to an activating group) is 1. The molecule has 0 aliphatic heterocycles. The summed E-state index contributed by atoms with van der Waals surface area (Å²) in [5, 5.41) is 12.5. The van der Waals surface area contributed by atoms with Crippen LogP contribution in [0.2, 0.25) is 0 Å². The second-order valence-electron chi connectivity index (χ2n) is 4.88.